The Morgan fingerprint density at radius 1 is 1.10 bits per heavy atom. The van der Waals surface area contributed by atoms with Crippen LogP contribution in [0, 0.1) is 18.6 Å². The Labute approximate surface area is 118 Å². The van der Waals surface area contributed by atoms with Crippen LogP contribution in [0.2, 0.25) is 0 Å². The Morgan fingerprint density at radius 3 is 2.50 bits per heavy atom. The molecule has 0 fully saturated rings. The maximum absolute atomic E-state index is 14.1. The van der Waals surface area contributed by atoms with Crippen molar-refractivity contribution in [3.05, 3.63) is 59.2 Å². The number of nitrogens with one attached hydrogen (secondary N) is 1. The highest BCUT2D eigenvalue weighted by molar-refractivity contribution is 5.65. The molecule has 2 aromatic rings. The van der Waals surface area contributed by atoms with Gasteiger partial charge in [0.25, 0.3) is 0 Å². The minimum atomic E-state index is -0.778. The third-order valence-corrected chi connectivity index (χ3v) is 3.63. The Kier molecular flexibility index (Phi) is 4.50. The van der Waals surface area contributed by atoms with Gasteiger partial charge in [0.05, 0.1) is 0 Å². The first-order valence-electron chi connectivity index (χ1n) is 6.80. The normalized spacial score (nSPS) is 12.4. The van der Waals surface area contributed by atoms with E-state index in [9.17, 15) is 8.78 Å². The fourth-order valence-electron chi connectivity index (χ4n) is 2.40. The first kappa shape index (κ1) is 14.7. The molecule has 0 aliphatic heterocycles. The fourth-order valence-corrected chi connectivity index (χ4v) is 2.40. The summed E-state index contributed by atoms with van der Waals surface area (Å²) >= 11 is 0. The Morgan fingerprint density at radius 2 is 1.85 bits per heavy atom. The second-order valence-electron chi connectivity index (χ2n) is 4.93. The molecule has 0 saturated heterocycles. The van der Waals surface area contributed by atoms with Crippen LogP contribution < -0.4 is 5.32 Å². The first-order valence-corrected chi connectivity index (χ1v) is 6.80. The van der Waals surface area contributed by atoms with Gasteiger partial charge in [-0.1, -0.05) is 37.3 Å². The van der Waals surface area contributed by atoms with Crippen LogP contribution in [0.5, 0.6) is 0 Å². The molecule has 1 N–H and O–H groups in total. The quantitative estimate of drug-likeness (QED) is 0.859. The average Bonchev–Trinajstić information content (AvgIpc) is 2.47. The van der Waals surface area contributed by atoms with Gasteiger partial charge in [0.2, 0.25) is 0 Å². The monoisotopic (exact) mass is 275 g/mol. The van der Waals surface area contributed by atoms with Gasteiger partial charge < -0.3 is 5.32 Å². The summed E-state index contributed by atoms with van der Waals surface area (Å²) in [5.74, 6) is -1.55. The zero-order valence-corrected chi connectivity index (χ0v) is 12.0. The highest BCUT2D eigenvalue weighted by atomic mass is 19.2. The van der Waals surface area contributed by atoms with Crippen LogP contribution in [0.15, 0.2) is 36.4 Å². The summed E-state index contributed by atoms with van der Waals surface area (Å²) in [7, 11) is 1.90. The summed E-state index contributed by atoms with van der Waals surface area (Å²) in [6, 6.07) is 11.0. The molecule has 2 aromatic carbocycles. The molecule has 0 aliphatic rings. The molecule has 3 heteroatoms. The highest BCUT2D eigenvalue weighted by Crippen LogP contribution is 2.28. The molecule has 0 heterocycles. The van der Waals surface area contributed by atoms with Crippen LogP contribution >= 0.6 is 0 Å². The van der Waals surface area contributed by atoms with Gasteiger partial charge in [0.15, 0.2) is 11.6 Å². The lowest BCUT2D eigenvalue weighted by Gasteiger charge is -2.15. The van der Waals surface area contributed by atoms with Gasteiger partial charge in [0, 0.05) is 11.6 Å². The molecule has 0 aromatic heterocycles. The number of hydrogen-bond donors (Lipinski definition) is 1. The van der Waals surface area contributed by atoms with Crippen molar-refractivity contribution in [1.29, 1.82) is 0 Å². The maximum Gasteiger partial charge on any atom is 0.166 e. The first-order chi connectivity index (χ1) is 9.58. The SMILES string of the molecule is CCC(NC)c1cccc(-c2ccc(C)c(F)c2F)c1. The van der Waals surface area contributed by atoms with Crippen molar-refractivity contribution >= 4 is 0 Å². The van der Waals surface area contributed by atoms with Crippen molar-refractivity contribution in [3.63, 3.8) is 0 Å². The number of halogens is 2. The predicted octanol–water partition coefficient (Wildman–Crippen LogP) is 4.61. The minimum Gasteiger partial charge on any atom is -0.313 e. The highest BCUT2D eigenvalue weighted by Gasteiger charge is 2.14. The van der Waals surface area contributed by atoms with Crippen LogP contribution in [0.4, 0.5) is 8.78 Å². The van der Waals surface area contributed by atoms with Crippen LogP contribution in [0.25, 0.3) is 11.1 Å². The Hall–Kier alpha value is -1.74. The van der Waals surface area contributed by atoms with Gasteiger partial charge in [0.1, 0.15) is 0 Å². The second kappa shape index (κ2) is 6.14. The zero-order chi connectivity index (χ0) is 14.7. The molecule has 1 unspecified atom stereocenters. The second-order valence-corrected chi connectivity index (χ2v) is 4.93. The van der Waals surface area contributed by atoms with Crippen LogP contribution in [0.1, 0.15) is 30.5 Å². The number of aryl methyl sites for hydroxylation is 1. The van der Waals surface area contributed by atoms with E-state index >= 15 is 0 Å². The summed E-state index contributed by atoms with van der Waals surface area (Å²) in [4.78, 5) is 0. The van der Waals surface area contributed by atoms with Crippen molar-refractivity contribution in [2.75, 3.05) is 7.05 Å². The van der Waals surface area contributed by atoms with Crippen LogP contribution in [0.3, 0.4) is 0 Å². The molecular formula is C17H19F2N. The third-order valence-electron chi connectivity index (χ3n) is 3.63. The van der Waals surface area contributed by atoms with E-state index in [0.29, 0.717) is 16.7 Å². The van der Waals surface area contributed by atoms with Crippen molar-refractivity contribution < 1.29 is 8.78 Å². The molecule has 2 rings (SSSR count). The van der Waals surface area contributed by atoms with E-state index in [-0.39, 0.29) is 6.04 Å². The van der Waals surface area contributed by atoms with E-state index in [2.05, 4.69) is 12.2 Å². The molecule has 0 bridgehead atoms. The van der Waals surface area contributed by atoms with E-state index in [1.54, 1.807) is 25.1 Å². The number of benzene rings is 2. The van der Waals surface area contributed by atoms with Crippen LogP contribution in [-0.4, -0.2) is 7.05 Å². The number of rotatable bonds is 4. The van der Waals surface area contributed by atoms with Crippen molar-refractivity contribution in [3.8, 4) is 11.1 Å². The van der Waals surface area contributed by atoms with Gasteiger partial charge in [-0.25, -0.2) is 8.78 Å². The molecule has 106 valence electrons. The molecule has 0 spiro atoms. The average molecular weight is 275 g/mol. The smallest absolute Gasteiger partial charge is 0.166 e. The van der Waals surface area contributed by atoms with E-state index < -0.39 is 11.6 Å². The molecule has 0 radical (unpaired) electrons. The molecule has 1 atom stereocenters. The largest absolute Gasteiger partial charge is 0.313 e. The number of hydrogen-bond acceptors (Lipinski definition) is 1. The summed E-state index contributed by atoms with van der Waals surface area (Å²) in [6.45, 7) is 3.65. The minimum absolute atomic E-state index is 0.216. The third kappa shape index (κ3) is 2.73. The molecule has 0 saturated carbocycles. The predicted molar refractivity (Wildman–Crippen MR) is 78.6 cm³/mol. The molecule has 20 heavy (non-hydrogen) atoms. The molecule has 0 amide bonds. The fraction of sp³-hybridized carbons (Fsp3) is 0.294. The van der Waals surface area contributed by atoms with Crippen molar-refractivity contribution in [2.24, 2.45) is 0 Å². The summed E-state index contributed by atoms with van der Waals surface area (Å²) in [5.41, 5.74) is 2.41. The van der Waals surface area contributed by atoms with E-state index in [4.69, 9.17) is 0 Å². The van der Waals surface area contributed by atoms with E-state index in [0.717, 1.165) is 12.0 Å². The van der Waals surface area contributed by atoms with Crippen molar-refractivity contribution in [2.45, 2.75) is 26.3 Å². The van der Waals surface area contributed by atoms with Crippen LogP contribution in [-0.2, 0) is 0 Å². The lowest BCUT2D eigenvalue weighted by Crippen LogP contribution is -2.15. The molecular weight excluding hydrogens is 256 g/mol. The van der Waals surface area contributed by atoms with E-state index in [1.165, 1.54) is 0 Å². The Bertz CT molecular complexity index is 604. The zero-order valence-electron chi connectivity index (χ0n) is 12.0. The topological polar surface area (TPSA) is 12.0 Å². The van der Waals surface area contributed by atoms with Gasteiger partial charge in [-0.05, 0) is 43.1 Å². The lowest BCUT2D eigenvalue weighted by atomic mass is 9.97. The summed E-state index contributed by atoms with van der Waals surface area (Å²) in [6.07, 6.45) is 0.935. The van der Waals surface area contributed by atoms with Gasteiger partial charge in [-0.2, -0.15) is 0 Å². The summed E-state index contributed by atoms with van der Waals surface area (Å²) in [5, 5.41) is 3.21. The Balaban J connectivity index is 2.49. The lowest BCUT2D eigenvalue weighted by molar-refractivity contribution is 0.505. The van der Waals surface area contributed by atoms with E-state index in [1.807, 2.05) is 25.2 Å². The standard InChI is InChI=1S/C17H19F2N/c1-4-15(20-3)13-7-5-6-12(10-13)14-9-8-11(2)16(18)17(14)19/h5-10,15,20H,4H2,1-3H3. The van der Waals surface area contributed by atoms with Crippen molar-refractivity contribution in [1.82, 2.24) is 5.32 Å². The summed E-state index contributed by atoms with van der Waals surface area (Å²) < 4.78 is 27.7. The van der Waals surface area contributed by atoms with Gasteiger partial charge in [-0.3, -0.25) is 0 Å². The van der Waals surface area contributed by atoms with Gasteiger partial charge >= 0.3 is 0 Å². The molecule has 0 aliphatic carbocycles. The maximum atomic E-state index is 14.1. The molecule has 1 nitrogen and oxygen atoms in total. The van der Waals surface area contributed by atoms with Gasteiger partial charge in [-0.15, -0.1) is 0 Å².